The van der Waals surface area contributed by atoms with Crippen LogP contribution in [0.25, 0.3) is 16.6 Å². The molecule has 4 rings (SSSR count). The topological polar surface area (TPSA) is 85.4 Å². The highest BCUT2D eigenvalue weighted by Crippen LogP contribution is 2.17. The maximum Gasteiger partial charge on any atom is 0.118 e. The molecule has 0 unspecified atom stereocenters. The molecular formula is C27H27N5O. The van der Waals surface area contributed by atoms with Crippen LogP contribution in [0.1, 0.15) is 16.8 Å². The van der Waals surface area contributed by atoms with Crippen molar-refractivity contribution in [1.82, 2.24) is 15.3 Å². The summed E-state index contributed by atoms with van der Waals surface area (Å²) in [6.45, 7) is 1.73. The van der Waals surface area contributed by atoms with Crippen LogP contribution in [0.15, 0.2) is 90.2 Å². The third-order valence-corrected chi connectivity index (χ3v) is 5.29. The minimum atomic E-state index is 0.694. The standard InChI is InChI=1S/C27H27N5O/c1-33-24-12-8-21(9-13-24)17-29-15-14-20-6-10-23(11-7-20)30-18-22(16-28)27-19-31-25-4-2-3-5-26(25)32-27/h2-13,16,18-19,29H,14-15,17,28H2,1H3. The fourth-order valence-electron chi connectivity index (χ4n) is 3.39. The number of nitrogens with one attached hydrogen (secondary N) is 1. The zero-order chi connectivity index (χ0) is 22.9. The van der Waals surface area contributed by atoms with Gasteiger partial charge in [0.15, 0.2) is 0 Å². The van der Waals surface area contributed by atoms with Crippen molar-refractivity contribution in [2.45, 2.75) is 13.0 Å². The molecule has 0 radical (unpaired) electrons. The fraction of sp³-hybridized carbons (Fsp3) is 0.148. The molecule has 3 N–H and O–H groups in total. The summed E-state index contributed by atoms with van der Waals surface area (Å²) < 4.78 is 5.19. The third kappa shape index (κ3) is 6.02. The van der Waals surface area contributed by atoms with Gasteiger partial charge in [0.05, 0.1) is 35.7 Å². The summed E-state index contributed by atoms with van der Waals surface area (Å²) in [5.41, 5.74) is 12.3. The van der Waals surface area contributed by atoms with Gasteiger partial charge in [-0.25, -0.2) is 4.98 Å². The molecule has 0 aliphatic rings. The predicted octanol–water partition coefficient (Wildman–Crippen LogP) is 4.67. The van der Waals surface area contributed by atoms with Crippen molar-refractivity contribution < 1.29 is 4.74 Å². The Hall–Kier alpha value is -4.03. The number of hydrogen-bond donors (Lipinski definition) is 2. The quantitative estimate of drug-likeness (QED) is 0.294. The molecule has 33 heavy (non-hydrogen) atoms. The van der Waals surface area contributed by atoms with Gasteiger partial charge in [-0.1, -0.05) is 36.4 Å². The average molecular weight is 438 g/mol. The van der Waals surface area contributed by atoms with Crippen molar-refractivity contribution in [3.8, 4) is 5.75 Å². The van der Waals surface area contributed by atoms with Crippen LogP contribution in [-0.2, 0) is 13.0 Å². The monoisotopic (exact) mass is 437 g/mol. The summed E-state index contributed by atoms with van der Waals surface area (Å²) in [6.07, 6.45) is 5.89. The van der Waals surface area contributed by atoms with Gasteiger partial charge in [0.2, 0.25) is 0 Å². The maximum absolute atomic E-state index is 5.83. The van der Waals surface area contributed by atoms with Crippen molar-refractivity contribution in [3.05, 3.63) is 102 Å². The molecule has 3 aromatic carbocycles. The molecule has 0 fully saturated rings. The molecule has 0 aliphatic carbocycles. The number of aromatic nitrogens is 2. The minimum Gasteiger partial charge on any atom is -0.497 e. The summed E-state index contributed by atoms with van der Waals surface area (Å²) in [5, 5.41) is 3.48. The zero-order valence-corrected chi connectivity index (χ0v) is 18.6. The fourth-order valence-corrected chi connectivity index (χ4v) is 3.39. The number of para-hydroxylation sites is 2. The highest BCUT2D eigenvalue weighted by Gasteiger charge is 2.04. The van der Waals surface area contributed by atoms with Gasteiger partial charge < -0.3 is 15.8 Å². The zero-order valence-electron chi connectivity index (χ0n) is 18.6. The summed E-state index contributed by atoms with van der Waals surface area (Å²) in [7, 11) is 1.68. The highest BCUT2D eigenvalue weighted by molar-refractivity contribution is 6.09. The molecule has 1 heterocycles. The lowest BCUT2D eigenvalue weighted by atomic mass is 10.1. The van der Waals surface area contributed by atoms with Crippen LogP contribution in [-0.4, -0.2) is 29.8 Å². The molecule has 0 bridgehead atoms. The Morgan fingerprint density at radius 1 is 0.970 bits per heavy atom. The van der Waals surface area contributed by atoms with Crippen molar-refractivity contribution in [3.63, 3.8) is 0 Å². The summed E-state index contributed by atoms with van der Waals surface area (Å²) in [6, 6.07) is 24.1. The molecule has 0 aliphatic heterocycles. The van der Waals surface area contributed by atoms with Crippen LogP contribution in [0.3, 0.4) is 0 Å². The minimum absolute atomic E-state index is 0.694. The van der Waals surface area contributed by atoms with Crippen molar-refractivity contribution >= 4 is 28.5 Å². The number of nitrogens with zero attached hydrogens (tertiary/aromatic N) is 3. The second-order valence-electron chi connectivity index (χ2n) is 7.57. The van der Waals surface area contributed by atoms with Gasteiger partial charge in [-0.15, -0.1) is 0 Å². The third-order valence-electron chi connectivity index (χ3n) is 5.29. The Morgan fingerprint density at radius 2 is 1.70 bits per heavy atom. The van der Waals surface area contributed by atoms with Crippen LogP contribution in [0.5, 0.6) is 5.75 Å². The average Bonchev–Trinajstić information content (AvgIpc) is 2.88. The molecule has 0 saturated carbocycles. The van der Waals surface area contributed by atoms with Crippen LogP contribution in [0.2, 0.25) is 0 Å². The van der Waals surface area contributed by atoms with E-state index < -0.39 is 0 Å². The van der Waals surface area contributed by atoms with E-state index in [1.807, 2.05) is 48.5 Å². The van der Waals surface area contributed by atoms with Gasteiger partial charge in [-0.05, 0) is 60.5 Å². The first-order valence-corrected chi connectivity index (χ1v) is 10.9. The lowest BCUT2D eigenvalue weighted by molar-refractivity contribution is 0.414. The van der Waals surface area contributed by atoms with E-state index in [0.29, 0.717) is 5.69 Å². The van der Waals surface area contributed by atoms with Crippen LogP contribution in [0.4, 0.5) is 5.69 Å². The Bertz CT molecular complexity index is 1250. The van der Waals surface area contributed by atoms with Gasteiger partial charge in [0.25, 0.3) is 0 Å². The van der Waals surface area contributed by atoms with E-state index in [1.54, 1.807) is 19.5 Å². The number of aliphatic imine (C=N–C) groups is 1. The normalized spacial score (nSPS) is 11.8. The van der Waals surface area contributed by atoms with E-state index in [2.05, 4.69) is 44.5 Å². The highest BCUT2D eigenvalue weighted by atomic mass is 16.5. The molecule has 4 aromatic rings. The number of ether oxygens (including phenoxy) is 1. The number of fused-ring (bicyclic) bond motifs is 1. The molecule has 6 heteroatoms. The van der Waals surface area contributed by atoms with E-state index in [9.17, 15) is 0 Å². The van der Waals surface area contributed by atoms with Crippen molar-refractivity contribution in [2.24, 2.45) is 10.7 Å². The van der Waals surface area contributed by atoms with E-state index in [4.69, 9.17) is 10.5 Å². The Morgan fingerprint density at radius 3 is 2.42 bits per heavy atom. The van der Waals surface area contributed by atoms with Gasteiger partial charge in [0, 0.05) is 24.5 Å². The van der Waals surface area contributed by atoms with Gasteiger partial charge in [0.1, 0.15) is 5.75 Å². The number of hydrogen-bond acceptors (Lipinski definition) is 6. The first-order valence-electron chi connectivity index (χ1n) is 10.9. The molecule has 166 valence electrons. The smallest absolute Gasteiger partial charge is 0.118 e. The molecular weight excluding hydrogens is 410 g/mol. The summed E-state index contributed by atoms with van der Waals surface area (Å²) in [4.78, 5) is 13.6. The van der Waals surface area contributed by atoms with Crippen molar-refractivity contribution in [2.75, 3.05) is 13.7 Å². The molecule has 0 atom stereocenters. The first-order chi connectivity index (χ1) is 16.2. The lowest BCUT2D eigenvalue weighted by Crippen LogP contribution is -2.16. The second kappa shape index (κ2) is 11.0. The molecule has 1 aromatic heterocycles. The lowest BCUT2D eigenvalue weighted by Gasteiger charge is -2.07. The molecule has 0 spiro atoms. The largest absolute Gasteiger partial charge is 0.497 e. The predicted molar refractivity (Wildman–Crippen MR) is 135 cm³/mol. The van der Waals surface area contributed by atoms with Crippen LogP contribution >= 0.6 is 0 Å². The van der Waals surface area contributed by atoms with Gasteiger partial charge in [-0.2, -0.15) is 0 Å². The Labute approximate surface area is 193 Å². The Kier molecular flexibility index (Phi) is 7.40. The number of allylic oxidation sites excluding steroid dienone is 1. The molecule has 0 amide bonds. The van der Waals surface area contributed by atoms with E-state index in [-0.39, 0.29) is 0 Å². The van der Waals surface area contributed by atoms with Crippen LogP contribution in [0, 0.1) is 0 Å². The van der Waals surface area contributed by atoms with Gasteiger partial charge in [-0.3, -0.25) is 9.98 Å². The Balaban J connectivity index is 1.30. The van der Waals surface area contributed by atoms with E-state index in [1.165, 1.54) is 17.3 Å². The molecule has 6 nitrogen and oxygen atoms in total. The summed E-state index contributed by atoms with van der Waals surface area (Å²) in [5.74, 6) is 0.876. The maximum atomic E-state index is 5.83. The van der Waals surface area contributed by atoms with Crippen LogP contribution < -0.4 is 15.8 Å². The second-order valence-corrected chi connectivity index (χ2v) is 7.57. The van der Waals surface area contributed by atoms with Gasteiger partial charge >= 0.3 is 0 Å². The summed E-state index contributed by atoms with van der Waals surface area (Å²) >= 11 is 0. The number of rotatable bonds is 9. The number of nitrogens with two attached hydrogens (primary N) is 1. The number of methoxy groups -OCH3 is 1. The molecule has 0 saturated heterocycles. The number of benzene rings is 3. The SMILES string of the molecule is COc1ccc(CNCCc2ccc(N=CC(=CN)c3cnc4ccccc4n3)cc2)cc1. The van der Waals surface area contributed by atoms with Crippen molar-refractivity contribution in [1.29, 1.82) is 0 Å². The van der Waals surface area contributed by atoms with E-state index >= 15 is 0 Å². The first kappa shape index (κ1) is 22.2. The van der Waals surface area contributed by atoms with E-state index in [0.717, 1.165) is 47.6 Å².